The number of halogens is 2. The average Bonchev–Trinajstić information content (AvgIpc) is 2.36. The van der Waals surface area contributed by atoms with E-state index in [0.29, 0.717) is 18.7 Å². The first-order chi connectivity index (χ1) is 8.70. The maximum Gasteiger partial charge on any atom is 0.165 e. The summed E-state index contributed by atoms with van der Waals surface area (Å²) in [7, 11) is 0. The summed E-state index contributed by atoms with van der Waals surface area (Å²) < 4.78 is 20.0. The van der Waals surface area contributed by atoms with Gasteiger partial charge in [0, 0.05) is 4.47 Å². The number of hydrogen-bond acceptors (Lipinski definition) is 2. The molecule has 0 aliphatic heterocycles. The van der Waals surface area contributed by atoms with Crippen LogP contribution < -0.4 is 10.5 Å². The Balaban J connectivity index is 2.30. The van der Waals surface area contributed by atoms with Gasteiger partial charge in [0.2, 0.25) is 0 Å². The number of para-hydroxylation sites is 1. The van der Waals surface area contributed by atoms with Crippen LogP contribution in [0.15, 0.2) is 46.9 Å². The van der Waals surface area contributed by atoms with Gasteiger partial charge in [0.25, 0.3) is 0 Å². The molecule has 0 aliphatic carbocycles. The van der Waals surface area contributed by atoms with E-state index in [1.54, 1.807) is 12.1 Å². The Morgan fingerprint density at radius 3 is 2.67 bits per heavy atom. The number of ether oxygens (including phenoxy) is 1. The van der Waals surface area contributed by atoms with Crippen LogP contribution in [0.1, 0.15) is 5.56 Å². The Labute approximate surface area is 114 Å². The second-order valence-electron chi connectivity index (χ2n) is 3.82. The Kier molecular flexibility index (Phi) is 4.33. The maximum atomic E-state index is 13.6. The zero-order valence-corrected chi connectivity index (χ0v) is 11.3. The minimum Gasteiger partial charge on any atom is -0.454 e. The molecular formula is C14H13BrFNO. The highest BCUT2D eigenvalue weighted by Gasteiger charge is 2.08. The minimum atomic E-state index is -0.388. The molecule has 0 saturated carbocycles. The summed E-state index contributed by atoms with van der Waals surface area (Å²) >= 11 is 3.29. The van der Waals surface area contributed by atoms with Crippen LogP contribution in [-0.2, 0) is 6.42 Å². The summed E-state index contributed by atoms with van der Waals surface area (Å²) in [5, 5.41) is 0. The van der Waals surface area contributed by atoms with Gasteiger partial charge in [-0.1, -0.05) is 34.1 Å². The van der Waals surface area contributed by atoms with Crippen molar-refractivity contribution in [1.82, 2.24) is 0 Å². The van der Waals surface area contributed by atoms with Gasteiger partial charge in [0.1, 0.15) is 5.75 Å². The standard InChI is InChI=1S/C14H13BrFNO/c15-11-5-6-12(16)14(9-11)18-13-4-2-1-3-10(13)7-8-17/h1-6,9H,7-8,17H2. The molecule has 0 aliphatic rings. The van der Waals surface area contributed by atoms with Gasteiger partial charge in [-0.3, -0.25) is 0 Å². The normalized spacial score (nSPS) is 10.4. The first-order valence-corrected chi connectivity index (χ1v) is 6.41. The van der Waals surface area contributed by atoms with Crippen LogP contribution >= 0.6 is 15.9 Å². The van der Waals surface area contributed by atoms with Crippen molar-refractivity contribution in [3.63, 3.8) is 0 Å². The van der Waals surface area contributed by atoms with Crippen molar-refractivity contribution in [3.8, 4) is 11.5 Å². The largest absolute Gasteiger partial charge is 0.454 e. The second kappa shape index (κ2) is 5.98. The third-order valence-corrected chi connectivity index (χ3v) is 2.99. The number of nitrogens with two attached hydrogens (primary N) is 1. The molecule has 2 N–H and O–H groups in total. The zero-order chi connectivity index (χ0) is 13.0. The Morgan fingerprint density at radius 2 is 1.89 bits per heavy atom. The first kappa shape index (κ1) is 13.1. The van der Waals surface area contributed by atoms with Gasteiger partial charge >= 0.3 is 0 Å². The van der Waals surface area contributed by atoms with Crippen molar-refractivity contribution < 1.29 is 9.13 Å². The third-order valence-electron chi connectivity index (χ3n) is 2.50. The van der Waals surface area contributed by atoms with Crippen LogP contribution in [0.2, 0.25) is 0 Å². The monoisotopic (exact) mass is 309 g/mol. The lowest BCUT2D eigenvalue weighted by molar-refractivity contribution is 0.437. The van der Waals surface area contributed by atoms with E-state index in [4.69, 9.17) is 10.5 Å². The molecule has 18 heavy (non-hydrogen) atoms. The molecule has 2 rings (SSSR count). The molecule has 2 nitrogen and oxygen atoms in total. The first-order valence-electron chi connectivity index (χ1n) is 5.61. The van der Waals surface area contributed by atoms with Gasteiger partial charge in [-0.05, 0) is 42.8 Å². The zero-order valence-electron chi connectivity index (χ0n) is 9.70. The van der Waals surface area contributed by atoms with E-state index < -0.39 is 0 Å². The summed E-state index contributed by atoms with van der Waals surface area (Å²) in [5.41, 5.74) is 6.51. The molecule has 4 heteroatoms. The molecular weight excluding hydrogens is 297 g/mol. The lowest BCUT2D eigenvalue weighted by Crippen LogP contribution is -2.04. The highest BCUT2D eigenvalue weighted by atomic mass is 79.9. The molecule has 0 atom stereocenters. The Hall–Kier alpha value is -1.39. The fourth-order valence-electron chi connectivity index (χ4n) is 1.64. The fourth-order valence-corrected chi connectivity index (χ4v) is 1.98. The molecule has 0 heterocycles. The molecule has 94 valence electrons. The van der Waals surface area contributed by atoms with Crippen LogP contribution in [0.5, 0.6) is 11.5 Å². The number of hydrogen-bond donors (Lipinski definition) is 1. The smallest absolute Gasteiger partial charge is 0.165 e. The van der Waals surface area contributed by atoms with Crippen molar-refractivity contribution in [1.29, 1.82) is 0 Å². The van der Waals surface area contributed by atoms with Crippen LogP contribution in [0.25, 0.3) is 0 Å². The van der Waals surface area contributed by atoms with Crippen LogP contribution in [0, 0.1) is 5.82 Å². The van der Waals surface area contributed by atoms with Gasteiger partial charge in [0.05, 0.1) is 0 Å². The van der Waals surface area contributed by atoms with Crippen LogP contribution in [0.4, 0.5) is 4.39 Å². The quantitative estimate of drug-likeness (QED) is 0.930. The Morgan fingerprint density at radius 1 is 1.11 bits per heavy atom. The van der Waals surface area contributed by atoms with Crippen LogP contribution in [-0.4, -0.2) is 6.54 Å². The number of rotatable bonds is 4. The van der Waals surface area contributed by atoms with Crippen molar-refractivity contribution in [2.75, 3.05) is 6.54 Å². The summed E-state index contributed by atoms with van der Waals surface area (Å²) in [4.78, 5) is 0. The molecule has 0 radical (unpaired) electrons. The minimum absolute atomic E-state index is 0.203. The molecule has 0 amide bonds. The van der Waals surface area contributed by atoms with E-state index in [9.17, 15) is 4.39 Å². The molecule has 0 aromatic heterocycles. The Bertz CT molecular complexity index is 545. The second-order valence-corrected chi connectivity index (χ2v) is 4.74. The van der Waals surface area contributed by atoms with E-state index in [2.05, 4.69) is 15.9 Å². The molecule has 2 aromatic rings. The van der Waals surface area contributed by atoms with E-state index in [0.717, 1.165) is 10.0 Å². The summed E-state index contributed by atoms with van der Waals surface area (Å²) in [6, 6.07) is 12.1. The van der Waals surface area contributed by atoms with Gasteiger partial charge in [-0.25, -0.2) is 4.39 Å². The summed E-state index contributed by atoms with van der Waals surface area (Å²) in [6.45, 7) is 0.529. The van der Waals surface area contributed by atoms with E-state index in [1.807, 2.05) is 24.3 Å². The van der Waals surface area contributed by atoms with E-state index in [-0.39, 0.29) is 11.6 Å². The lowest BCUT2D eigenvalue weighted by Gasteiger charge is -2.11. The van der Waals surface area contributed by atoms with Crippen molar-refractivity contribution in [2.24, 2.45) is 5.73 Å². The van der Waals surface area contributed by atoms with Gasteiger partial charge < -0.3 is 10.5 Å². The SMILES string of the molecule is NCCc1ccccc1Oc1cc(Br)ccc1F. The molecule has 0 spiro atoms. The molecule has 0 saturated heterocycles. The van der Waals surface area contributed by atoms with Crippen molar-refractivity contribution in [3.05, 3.63) is 58.3 Å². The van der Waals surface area contributed by atoms with Gasteiger partial charge in [0.15, 0.2) is 11.6 Å². The molecule has 0 fully saturated rings. The van der Waals surface area contributed by atoms with E-state index >= 15 is 0 Å². The number of benzene rings is 2. The van der Waals surface area contributed by atoms with Crippen molar-refractivity contribution >= 4 is 15.9 Å². The van der Waals surface area contributed by atoms with Crippen molar-refractivity contribution in [2.45, 2.75) is 6.42 Å². The fraction of sp³-hybridized carbons (Fsp3) is 0.143. The topological polar surface area (TPSA) is 35.2 Å². The van der Waals surface area contributed by atoms with Gasteiger partial charge in [-0.15, -0.1) is 0 Å². The van der Waals surface area contributed by atoms with Crippen LogP contribution in [0.3, 0.4) is 0 Å². The predicted octanol–water partition coefficient (Wildman–Crippen LogP) is 3.88. The highest BCUT2D eigenvalue weighted by molar-refractivity contribution is 9.10. The maximum absolute atomic E-state index is 13.6. The predicted molar refractivity (Wildman–Crippen MR) is 73.4 cm³/mol. The third kappa shape index (κ3) is 3.09. The van der Waals surface area contributed by atoms with E-state index in [1.165, 1.54) is 6.07 Å². The average molecular weight is 310 g/mol. The summed E-state index contributed by atoms with van der Waals surface area (Å²) in [6.07, 6.45) is 0.700. The molecule has 2 aromatic carbocycles. The lowest BCUT2D eigenvalue weighted by atomic mass is 10.1. The molecule has 0 bridgehead atoms. The van der Waals surface area contributed by atoms with Gasteiger partial charge in [-0.2, -0.15) is 0 Å². The molecule has 0 unspecified atom stereocenters. The summed E-state index contributed by atoms with van der Waals surface area (Å²) in [5.74, 6) is 0.453. The highest BCUT2D eigenvalue weighted by Crippen LogP contribution is 2.29.